The van der Waals surface area contributed by atoms with E-state index in [0.717, 1.165) is 11.1 Å². The molecule has 1 atom stereocenters. The van der Waals surface area contributed by atoms with Crippen LogP contribution in [0.2, 0.25) is 0 Å². The van der Waals surface area contributed by atoms with Gasteiger partial charge in [-0.2, -0.15) is 0 Å². The number of hydrogen-bond acceptors (Lipinski definition) is 5. The number of rotatable bonds is 7. The zero-order valence-electron chi connectivity index (χ0n) is 15.4. The highest BCUT2D eigenvalue weighted by molar-refractivity contribution is 7.91. The molecule has 1 fully saturated rings. The minimum atomic E-state index is -3.07. The molecule has 1 saturated heterocycles. The molecule has 1 aliphatic heterocycles. The van der Waals surface area contributed by atoms with Gasteiger partial charge in [-0.1, -0.05) is 60.7 Å². The smallest absolute Gasteiger partial charge is 0.307 e. The summed E-state index contributed by atoms with van der Waals surface area (Å²) in [5.41, 5.74) is 1.98. The minimum Gasteiger partial charge on any atom is -0.456 e. The van der Waals surface area contributed by atoms with Gasteiger partial charge in [-0.3, -0.25) is 9.59 Å². The van der Waals surface area contributed by atoms with Crippen LogP contribution in [0.5, 0.6) is 0 Å². The number of carbonyl (C=O) groups excluding carboxylic acids is 2. The second kappa shape index (κ2) is 9.01. The molecule has 0 saturated carbocycles. The van der Waals surface area contributed by atoms with Gasteiger partial charge >= 0.3 is 5.97 Å². The van der Waals surface area contributed by atoms with Crippen molar-refractivity contribution < 1.29 is 22.7 Å². The van der Waals surface area contributed by atoms with E-state index in [4.69, 9.17) is 4.74 Å². The summed E-state index contributed by atoms with van der Waals surface area (Å²) in [5, 5.41) is 2.61. The highest BCUT2D eigenvalue weighted by atomic mass is 32.2. The highest BCUT2D eigenvalue weighted by Crippen LogP contribution is 2.28. The van der Waals surface area contributed by atoms with Crippen LogP contribution < -0.4 is 5.32 Å². The largest absolute Gasteiger partial charge is 0.456 e. The van der Waals surface area contributed by atoms with Crippen LogP contribution >= 0.6 is 0 Å². The Bertz CT molecular complexity index is 873. The molecule has 7 heteroatoms. The number of sulfone groups is 1. The van der Waals surface area contributed by atoms with Gasteiger partial charge in [0.15, 0.2) is 16.4 Å². The monoisotopic (exact) mass is 401 g/mol. The number of ether oxygens (including phenoxy) is 1. The summed E-state index contributed by atoms with van der Waals surface area (Å²) in [7, 11) is -3.07. The van der Waals surface area contributed by atoms with E-state index in [1.54, 1.807) is 0 Å². The fraction of sp³-hybridized carbons (Fsp3) is 0.333. The molecular weight excluding hydrogens is 378 g/mol. The summed E-state index contributed by atoms with van der Waals surface area (Å²) < 4.78 is 28.0. The van der Waals surface area contributed by atoms with E-state index in [2.05, 4.69) is 5.32 Å². The first kappa shape index (κ1) is 20.1. The molecule has 0 aromatic heterocycles. The Kier molecular flexibility index (Phi) is 6.46. The molecule has 0 spiro atoms. The molecule has 1 heterocycles. The standard InChI is InChI=1S/C21H23NO5S/c23-20(22-18-11-12-28(25,26)15-18)14-27-21(24)13-19(16-7-3-1-4-8-16)17-9-5-2-6-10-17/h1-10,18-19H,11-15H2,(H,22,23)/t18-/m0/s1. The minimum absolute atomic E-state index is 0.0588. The van der Waals surface area contributed by atoms with E-state index in [0.29, 0.717) is 6.42 Å². The maximum atomic E-state index is 12.3. The fourth-order valence-corrected chi connectivity index (χ4v) is 5.02. The Morgan fingerprint density at radius 3 is 2.07 bits per heavy atom. The van der Waals surface area contributed by atoms with Crippen LogP contribution in [0.3, 0.4) is 0 Å². The predicted molar refractivity (Wildman–Crippen MR) is 106 cm³/mol. The molecule has 0 aliphatic carbocycles. The van der Waals surface area contributed by atoms with Crippen molar-refractivity contribution in [2.24, 2.45) is 0 Å². The Morgan fingerprint density at radius 2 is 1.57 bits per heavy atom. The second-order valence-electron chi connectivity index (χ2n) is 6.91. The molecule has 1 amide bonds. The van der Waals surface area contributed by atoms with Crippen molar-refractivity contribution in [1.29, 1.82) is 0 Å². The molecule has 3 rings (SSSR count). The first-order valence-electron chi connectivity index (χ1n) is 9.18. The van der Waals surface area contributed by atoms with Crippen molar-refractivity contribution in [3.63, 3.8) is 0 Å². The van der Waals surface area contributed by atoms with Crippen molar-refractivity contribution in [3.05, 3.63) is 71.8 Å². The molecule has 0 radical (unpaired) electrons. The average molecular weight is 401 g/mol. The molecule has 1 N–H and O–H groups in total. The zero-order valence-corrected chi connectivity index (χ0v) is 16.2. The van der Waals surface area contributed by atoms with E-state index < -0.39 is 34.4 Å². The van der Waals surface area contributed by atoms with Gasteiger partial charge in [0.2, 0.25) is 0 Å². The van der Waals surface area contributed by atoms with Crippen LogP contribution in [0.4, 0.5) is 0 Å². The van der Waals surface area contributed by atoms with E-state index in [1.807, 2.05) is 60.7 Å². The first-order chi connectivity index (χ1) is 13.4. The quantitative estimate of drug-likeness (QED) is 0.718. The Morgan fingerprint density at radius 1 is 1.00 bits per heavy atom. The van der Waals surface area contributed by atoms with Crippen molar-refractivity contribution in [3.8, 4) is 0 Å². The van der Waals surface area contributed by atoms with E-state index in [-0.39, 0.29) is 23.8 Å². The van der Waals surface area contributed by atoms with Crippen molar-refractivity contribution in [2.75, 3.05) is 18.1 Å². The summed E-state index contributed by atoms with van der Waals surface area (Å²) in [4.78, 5) is 24.3. The highest BCUT2D eigenvalue weighted by Gasteiger charge is 2.29. The molecule has 0 bridgehead atoms. The molecule has 6 nitrogen and oxygen atoms in total. The lowest BCUT2D eigenvalue weighted by Gasteiger charge is -2.17. The summed E-state index contributed by atoms with van der Waals surface area (Å²) in [6.45, 7) is -0.411. The van der Waals surface area contributed by atoms with Crippen LogP contribution in [-0.2, 0) is 24.2 Å². The van der Waals surface area contributed by atoms with Gasteiger partial charge in [-0.25, -0.2) is 8.42 Å². The third-order valence-corrected chi connectivity index (χ3v) is 6.50. The third-order valence-electron chi connectivity index (χ3n) is 4.74. The number of amides is 1. The molecule has 2 aromatic carbocycles. The van der Waals surface area contributed by atoms with Crippen molar-refractivity contribution >= 4 is 21.7 Å². The first-order valence-corrected chi connectivity index (χ1v) is 11.0. The Hall–Kier alpha value is -2.67. The maximum absolute atomic E-state index is 12.3. The van der Waals surface area contributed by atoms with E-state index >= 15 is 0 Å². The summed E-state index contributed by atoms with van der Waals surface area (Å²) in [6.07, 6.45) is 0.505. The lowest BCUT2D eigenvalue weighted by molar-refractivity contribution is -0.148. The Balaban J connectivity index is 1.56. The molecule has 2 aromatic rings. The number of carbonyl (C=O) groups is 2. The van der Waals surface area contributed by atoms with Crippen LogP contribution in [-0.4, -0.2) is 44.4 Å². The SMILES string of the molecule is O=C(COC(=O)CC(c1ccccc1)c1ccccc1)N[C@H]1CCS(=O)(=O)C1. The summed E-state index contributed by atoms with van der Waals surface area (Å²) >= 11 is 0. The van der Waals surface area contributed by atoms with Crippen LogP contribution in [0.15, 0.2) is 60.7 Å². The molecule has 148 valence electrons. The lowest BCUT2D eigenvalue weighted by atomic mass is 9.89. The van der Waals surface area contributed by atoms with Crippen molar-refractivity contribution in [1.82, 2.24) is 5.32 Å². The fourth-order valence-electron chi connectivity index (χ4n) is 3.35. The van der Waals surface area contributed by atoms with Crippen LogP contribution in [0, 0.1) is 0 Å². The van der Waals surface area contributed by atoms with Gasteiger partial charge in [0.05, 0.1) is 17.9 Å². The molecular formula is C21H23NO5S. The van der Waals surface area contributed by atoms with Gasteiger partial charge in [-0.15, -0.1) is 0 Å². The van der Waals surface area contributed by atoms with E-state index in [1.165, 1.54) is 0 Å². The lowest BCUT2D eigenvalue weighted by Crippen LogP contribution is -2.38. The summed E-state index contributed by atoms with van der Waals surface area (Å²) in [6, 6.07) is 18.9. The predicted octanol–water partition coefficient (Wildman–Crippen LogP) is 2.06. The molecule has 28 heavy (non-hydrogen) atoms. The number of esters is 1. The van der Waals surface area contributed by atoms with Crippen LogP contribution in [0.25, 0.3) is 0 Å². The van der Waals surface area contributed by atoms with Gasteiger partial charge in [0.25, 0.3) is 5.91 Å². The Labute approximate surface area is 164 Å². The second-order valence-corrected chi connectivity index (χ2v) is 9.13. The summed E-state index contributed by atoms with van der Waals surface area (Å²) in [5.74, 6) is -1.11. The van der Waals surface area contributed by atoms with Crippen LogP contribution in [0.1, 0.15) is 29.9 Å². The maximum Gasteiger partial charge on any atom is 0.307 e. The number of nitrogens with one attached hydrogen (secondary N) is 1. The third kappa shape index (κ3) is 5.66. The van der Waals surface area contributed by atoms with Gasteiger partial charge in [-0.05, 0) is 17.5 Å². The van der Waals surface area contributed by atoms with Crippen molar-refractivity contribution in [2.45, 2.75) is 24.8 Å². The zero-order chi connectivity index (χ0) is 20.0. The normalized spacial score (nSPS) is 18.0. The number of hydrogen-bond donors (Lipinski definition) is 1. The molecule has 1 aliphatic rings. The number of benzene rings is 2. The van der Waals surface area contributed by atoms with Gasteiger partial charge in [0.1, 0.15) is 0 Å². The average Bonchev–Trinajstić information content (AvgIpc) is 3.04. The van der Waals surface area contributed by atoms with Gasteiger partial charge < -0.3 is 10.1 Å². The van der Waals surface area contributed by atoms with Gasteiger partial charge in [0, 0.05) is 12.0 Å². The topological polar surface area (TPSA) is 89.5 Å². The van der Waals surface area contributed by atoms with E-state index in [9.17, 15) is 18.0 Å². The molecule has 0 unspecified atom stereocenters.